The van der Waals surface area contributed by atoms with E-state index < -0.39 is 0 Å². The van der Waals surface area contributed by atoms with Crippen molar-refractivity contribution in [2.45, 2.75) is 26.8 Å². The van der Waals surface area contributed by atoms with Crippen LogP contribution in [0, 0.1) is 13.8 Å². The van der Waals surface area contributed by atoms with Crippen LogP contribution in [-0.4, -0.2) is 23.1 Å². The fourth-order valence-corrected chi connectivity index (χ4v) is 3.60. The van der Waals surface area contributed by atoms with E-state index in [0.717, 1.165) is 25.2 Å². The number of hydrogen-bond acceptors (Lipinski definition) is 3. The number of fused-ring (bicyclic) bond motifs is 1. The molecule has 0 unspecified atom stereocenters. The summed E-state index contributed by atoms with van der Waals surface area (Å²) in [5.41, 5.74) is 3.86. The lowest BCUT2D eigenvalue weighted by atomic mass is 10.1. The summed E-state index contributed by atoms with van der Waals surface area (Å²) in [5, 5.41) is 5.78. The maximum absolute atomic E-state index is 4.67. The molecule has 0 aliphatic carbocycles. The lowest BCUT2D eigenvalue weighted by Gasteiger charge is -2.01. The Balaban J connectivity index is 1.97. The molecular weight excluding hydrogens is 278 g/mol. The van der Waals surface area contributed by atoms with E-state index >= 15 is 0 Å². The van der Waals surface area contributed by atoms with Crippen molar-refractivity contribution >= 4 is 22.2 Å². The topological polar surface area (TPSA) is 29.9 Å². The highest BCUT2D eigenvalue weighted by molar-refractivity contribution is 7.11. The first-order chi connectivity index (χ1) is 10.2. The van der Waals surface area contributed by atoms with Gasteiger partial charge in [-0.05, 0) is 45.5 Å². The highest BCUT2D eigenvalue weighted by atomic mass is 32.1. The van der Waals surface area contributed by atoms with E-state index in [1.54, 1.807) is 11.3 Å². The molecule has 110 valence electrons. The van der Waals surface area contributed by atoms with Gasteiger partial charge in [0.15, 0.2) is 0 Å². The summed E-state index contributed by atoms with van der Waals surface area (Å²) in [5.74, 6) is 0. The predicted octanol–water partition coefficient (Wildman–Crippen LogP) is 3.52. The number of rotatable bonds is 5. The molecule has 3 rings (SSSR count). The van der Waals surface area contributed by atoms with E-state index in [4.69, 9.17) is 0 Å². The first kappa shape index (κ1) is 14.3. The number of aryl methyl sites for hydroxylation is 2. The van der Waals surface area contributed by atoms with Crippen LogP contribution in [0.15, 0.2) is 30.5 Å². The van der Waals surface area contributed by atoms with Crippen molar-refractivity contribution in [1.29, 1.82) is 0 Å². The van der Waals surface area contributed by atoms with Crippen molar-refractivity contribution < 1.29 is 0 Å². The standard InChI is InChI=1S/C17H21N3S/c1-12-13(2)21-17(19-12)11-20-10-14(8-9-18-3)15-6-4-5-7-16(15)20/h4-7,10,18H,8-9,11H2,1-3H3. The third kappa shape index (κ3) is 2.87. The molecule has 3 aromatic rings. The molecule has 0 saturated carbocycles. The zero-order chi connectivity index (χ0) is 14.8. The van der Waals surface area contributed by atoms with E-state index in [-0.39, 0.29) is 0 Å². The summed E-state index contributed by atoms with van der Waals surface area (Å²) < 4.78 is 2.33. The van der Waals surface area contributed by atoms with Crippen LogP contribution >= 0.6 is 11.3 Å². The Kier molecular flexibility index (Phi) is 4.08. The van der Waals surface area contributed by atoms with Crippen LogP contribution < -0.4 is 5.32 Å². The Hall–Kier alpha value is -1.65. The quantitative estimate of drug-likeness (QED) is 0.781. The van der Waals surface area contributed by atoms with Crippen molar-refractivity contribution in [2.75, 3.05) is 13.6 Å². The highest BCUT2D eigenvalue weighted by Crippen LogP contribution is 2.24. The van der Waals surface area contributed by atoms with Gasteiger partial charge in [0.05, 0.1) is 12.2 Å². The first-order valence-electron chi connectivity index (χ1n) is 7.33. The van der Waals surface area contributed by atoms with Gasteiger partial charge >= 0.3 is 0 Å². The molecule has 2 aromatic heterocycles. The van der Waals surface area contributed by atoms with Crippen LogP contribution in [0.3, 0.4) is 0 Å². The Morgan fingerprint density at radius 3 is 2.76 bits per heavy atom. The average Bonchev–Trinajstić information content (AvgIpc) is 2.98. The fourth-order valence-electron chi connectivity index (χ4n) is 2.67. The molecule has 0 aliphatic rings. The Morgan fingerprint density at radius 2 is 2.05 bits per heavy atom. The molecule has 4 heteroatoms. The number of thiazole rings is 1. The molecule has 21 heavy (non-hydrogen) atoms. The van der Waals surface area contributed by atoms with Gasteiger partial charge < -0.3 is 9.88 Å². The van der Waals surface area contributed by atoms with Gasteiger partial charge in [-0.25, -0.2) is 4.98 Å². The Bertz CT molecular complexity index is 735. The second-order valence-corrected chi connectivity index (χ2v) is 6.69. The molecule has 3 nitrogen and oxygen atoms in total. The highest BCUT2D eigenvalue weighted by Gasteiger charge is 2.10. The average molecular weight is 299 g/mol. The number of para-hydroxylation sites is 1. The van der Waals surface area contributed by atoms with Gasteiger partial charge in [0.2, 0.25) is 0 Å². The number of hydrogen-bond donors (Lipinski definition) is 1. The molecule has 1 N–H and O–H groups in total. The molecule has 0 amide bonds. The van der Waals surface area contributed by atoms with E-state index in [0.29, 0.717) is 0 Å². The van der Waals surface area contributed by atoms with E-state index in [2.05, 4.69) is 59.2 Å². The van der Waals surface area contributed by atoms with E-state index in [1.165, 1.54) is 26.4 Å². The van der Waals surface area contributed by atoms with Crippen LogP contribution in [0.5, 0.6) is 0 Å². The number of nitrogens with one attached hydrogen (secondary N) is 1. The van der Waals surface area contributed by atoms with Crippen molar-refractivity contribution in [3.63, 3.8) is 0 Å². The summed E-state index contributed by atoms with van der Waals surface area (Å²) in [7, 11) is 2.00. The molecule has 0 atom stereocenters. The van der Waals surface area contributed by atoms with Crippen LogP contribution in [0.4, 0.5) is 0 Å². The van der Waals surface area contributed by atoms with Gasteiger partial charge in [0.1, 0.15) is 5.01 Å². The largest absolute Gasteiger partial charge is 0.340 e. The second-order valence-electron chi connectivity index (χ2n) is 5.40. The monoisotopic (exact) mass is 299 g/mol. The molecular formula is C17H21N3S. The number of likely N-dealkylation sites (N-methyl/N-ethyl adjacent to an activating group) is 1. The first-order valence-corrected chi connectivity index (χ1v) is 8.15. The van der Waals surface area contributed by atoms with Crippen molar-refractivity contribution in [1.82, 2.24) is 14.9 Å². The summed E-state index contributed by atoms with van der Waals surface area (Å²) >= 11 is 1.80. The number of aromatic nitrogens is 2. The molecule has 1 aromatic carbocycles. The summed E-state index contributed by atoms with van der Waals surface area (Å²) in [4.78, 5) is 5.99. The van der Waals surface area contributed by atoms with E-state index in [9.17, 15) is 0 Å². The van der Waals surface area contributed by atoms with Crippen LogP contribution in [0.1, 0.15) is 21.1 Å². The van der Waals surface area contributed by atoms with Crippen LogP contribution in [-0.2, 0) is 13.0 Å². The van der Waals surface area contributed by atoms with Crippen molar-refractivity contribution in [3.8, 4) is 0 Å². The third-order valence-electron chi connectivity index (χ3n) is 3.89. The normalized spacial score (nSPS) is 11.4. The molecule has 0 fully saturated rings. The zero-order valence-electron chi connectivity index (χ0n) is 12.8. The SMILES string of the molecule is CNCCc1cn(Cc2nc(C)c(C)s2)c2ccccc12. The fraction of sp³-hybridized carbons (Fsp3) is 0.353. The second kappa shape index (κ2) is 6.00. The molecule has 0 radical (unpaired) electrons. The van der Waals surface area contributed by atoms with Gasteiger partial charge in [0, 0.05) is 22.0 Å². The van der Waals surface area contributed by atoms with Gasteiger partial charge in [-0.15, -0.1) is 11.3 Å². The molecule has 0 spiro atoms. The summed E-state index contributed by atoms with van der Waals surface area (Å²) in [6, 6.07) is 8.65. The summed E-state index contributed by atoms with van der Waals surface area (Å²) in [6.07, 6.45) is 3.34. The Labute approximate surface area is 129 Å². The molecule has 0 saturated heterocycles. The third-order valence-corrected chi connectivity index (χ3v) is 4.95. The number of benzene rings is 1. The minimum Gasteiger partial charge on any atom is -0.340 e. The molecule has 0 bridgehead atoms. The van der Waals surface area contributed by atoms with Gasteiger partial charge in [-0.1, -0.05) is 18.2 Å². The van der Waals surface area contributed by atoms with Crippen molar-refractivity contribution in [3.05, 3.63) is 51.6 Å². The maximum atomic E-state index is 4.67. The maximum Gasteiger partial charge on any atom is 0.113 e. The van der Waals surface area contributed by atoms with Crippen LogP contribution in [0.25, 0.3) is 10.9 Å². The summed E-state index contributed by atoms with van der Waals surface area (Å²) in [6.45, 7) is 6.09. The van der Waals surface area contributed by atoms with E-state index in [1.807, 2.05) is 7.05 Å². The molecule has 0 aliphatic heterocycles. The lowest BCUT2D eigenvalue weighted by Crippen LogP contribution is -2.10. The van der Waals surface area contributed by atoms with Gasteiger partial charge in [-0.3, -0.25) is 0 Å². The smallest absolute Gasteiger partial charge is 0.113 e. The minimum absolute atomic E-state index is 0.861. The molecule has 2 heterocycles. The predicted molar refractivity (Wildman–Crippen MR) is 90.3 cm³/mol. The van der Waals surface area contributed by atoms with Gasteiger partial charge in [-0.2, -0.15) is 0 Å². The minimum atomic E-state index is 0.861. The van der Waals surface area contributed by atoms with Gasteiger partial charge in [0.25, 0.3) is 0 Å². The zero-order valence-corrected chi connectivity index (χ0v) is 13.6. The van der Waals surface area contributed by atoms with Crippen LogP contribution in [0.2, 0.25) is 0 Å². The lowest BCUT2D eigenvalue weighted by molar-refractivity contribution is 0.780. The van der Waals surface area contributed by atoms with Crippen molar-refractivity contribution in [2.24, 2.45) is 0 Å². The number of nitrogens with zero attached hydrogens (tertiary/aromatic N) is 2. The Morgan fingerprint density at radius 1 is 1.24 bits per heavy atom.